The van der Waals surface area contributed by atoms with Crippen LogP contribution in [0, 0.1) is 0 Å². The molecule has 3 amide bonds. The lowest BCUT2D eigenvalue weighted by molar-refractivity contribution is -0.130. The number of nitrogens with zero attached hydrogens (tertiary/aromatic N) is 1. The monoisotopic (exact) mass is 455 g/mol. The van der Waals surface area contributed by atoms with E-state index >= 15 is 0 Å². The smallest absolute Gasteiger partial charge is 0.267 e. The largest absolute Gasteiger partial charge is 0.339 e. The molecule has 2 aromatic carbocycles. The van der Waals surface area contributed by atoms with E-state index in [9.17, 15) is 14.4 Å². The van der Waals surface area contributed by atoms with Gasteiger partial charge in [0.15, 0.2) is 0 Å². The van der Waals surface area contributed by atoms with Gasteiger partial charge in [-0.2, -0.15) is 0 Å². The second-order valence-corrected chi connectivity index (χ2v) is 7.89. The van der Waals surface area contributed by atoms with Crippen molar-refractivity contribution in [3.8, 4) is 11.1 Å². The first kappa shape index (κ1) is 26.0. The van der Waals surface area contributed by atoms with E-state index in [4.69, 9.17) is 10.9 Å². The van der Waals surface area contributed by atoms with E-state index in [0.717, 1.165) is 42.6 Å². The molecule has 0 spiro atoms. The van der Waals surface area contributed by atoms with Crippen molar-refractivity contribution < 1.29 is 19.6 Å². The van der Waals surface area contributed by atoms with Gasteiger partial charge in [-0.15, -0.1) is 0 Å². The Morgan fingerprint density at radius 3 is 2.15 bits per heavy atom. The standard InChI is InChI=1S/C24H33N5O4/c1-3-4-5-14-29(2)16-22(30)26-20-12-10-18(11-13-20)17-6-8-19(9-7-17)23(31)27-21(15-25)24(32)28-33/h6-13,21,33H,3-5,14-16,25H2,1-2H3,(H,26,30)(H,27,31)(H,28,32)/t21-/m0/s1. The molecule has 0 saturated heterocycles. The number of hydroxylamine groups is 1. The highest BCUT2D eigenvalue weighted by Gasteiger charge is 2.19. The number of carbonyl (C=O) groups excluding carboxylic acids is 3. The fourth-order valence-electron chi connectivity index (χ4n) is 3.27. The van der Waals surface area contributed by atoms with Crippen molar-refractivity contribution in [3.63, 3.8) is 0 Å². The summed E-state index contributed by atoms with van der Waals surface area (Å²) in [4.78, 5) is 38.0. The minimum Gasteiger partial charge on any atom is -0.339 e. The zero-order valence-corrected chi connectivity index (χ0v) is 19.1. The average molecular weight is 456 g/mol. The van der Waals surface area contributed by atoms with E-state index in [1.807, 2.05) is 36.2 Å². The number of amides is 3. The first-order valence-electron chi connectivity index (χ1n) is 11.0. The summed E-state index contributed by atoms with van der Waals surface area (Å²) in [7, 11) is 1.94. The maximum absolute atomic E-state index is 12.3. The SMILES string of the molecule is CCCCCN(C)CC(=O)Nc1ccc(-c2ccc(C(=O)N[C@@H](CN)C(=O)NO)cc2)cc1. The number of likely N-dealkylation sites (N-methyl/N-ethyl adjacent to an activating group) is 1. The minimum absolute atomic E-state index is 0.0530. The third-order valence-electron chi connectivity index (χ3n) is 5.17. The molecule has 0 unspecified atom stereocenters. The van der Waals surface area contributed by atoms with Gasteiger partial charge >= 0.3 is 0 Å². The van der Waals surface area contributed by atoms with Crippen LogP contribution in [0.1, 0.15) is 36.5 Å². The van der Waals surface area contributed by atoms with Crippen LogP contribution in [-0.4, -0.2) is 60.6 Å². The van der Waals surface area contributed by atoms with E-state index in [1.54, 1.807) is 24.3 Å². The highest BCUT2D eigenvalue weighted by molar-refractivity contribution is 5.98. The molecular weight excluding hydrogens is 422 g/mol. The highest BCUT2D eigenvalue weighted by atomic mass is 16.5. The molecule has 0 aliphatic rings. The second-order valence-electron chi connectivity index (χ2n) is 7.89. The predicted molar refractivity (Wildman–Crippen MR) is 128 cm³/mol. The normalized spacial score (nSPS) is 11.7. The summed E-state index contributed by atoms with van der Waals surface area (Å²) in [5.41, 5.74) is 9.82. The molecule has 6 N–H and O–H groups in total. The average Bonchev–Trinajstić information content (AvgIpc) is 2.82. The van der Waals surface area contributed by atoms with Crippen molar-refractivity contribution in [2.75, 3.05) is 32.0 Å². The number of rotatable bonds is 12. The highest BCUT2D eigenvalue weighted by Crippen LogP contribution is 2.22. The van der Waals surface area contributed by atoms with Gasteiger partial charge in [0.05, 0.1) is 6.54 Å². The van der Waals surface area contributed by atoms with Crippen LogP contribution in [0.5, 0.6) is 0 Å². The van der Waals surface area contributed by atoms with Crippen LogP contribution in [0.25, 0.3) is 11.1 Å². The summed E-state index contributed by atoms with van der Waals surface area (Å²) in [5, 5.41) is 14.1. The number of hydrogen-bond donors (Lipinski definition) is 5. The summed E-state index contributed by atoms with van der Waals surface area (Å²) >= 11 is 0. The first-order chi connectivity index (χ1) is 15.9. The molecule has 0 aromatic heterocycles. The Labute approximate surface area is 194 Å². The third kappa shape index (κ3) is 8.30. The van der Waals surface area contributed by atoms with Crippen LogP contribution in [0.15, 0.2) is 48.5 Å². The summed E-state index contributed by atoms with van der Waals surface area (Å²) in [6, 6.07) is 13.3. The molecule has 0 fully saturated rings. The van der Waals surface area contributed by atoms with Crippen LogP contribution in [0.4, 0.5) is 5.69 Å². The quantitative estimate of drug-likeness (QED) is 0.189. The molecule has 2 aromatic rings. The van der Waals surface area contributed by atoms with Gasteiger partial charge in [0.2, 0.25) is 5.91 Å². The maximum Gasteiger partial charge on any atom is 0.267 e. The Hall–Kier alpha value is -3.27. The van der Waals surface area contributed by atoms with Crippen LogP contribution in [0.3, 0.4) is 0 Å². The lowest BCUT2D eigenvalue weighted by atomic mass is 10.0. The van der Waals surface area contributed by atoms with Crippen LogP contribution in [0.2, 0.25) is 0 Å². The van der Waals surface area contributed by atoms with Crippen LogP contribution >= 0.6 is 0 Å². The van der Waals surface area contributed by atoms with Crippen molar-refractivity contribution in [2.24, 2.45) is 5.73 Å². The van der Waals surface area contributed by atoms with Crippen molar-refractivity contribution >= 4 is 23.4 Å². The molecule has 0 aliphatic heterocycles. The number of nitrogens with one attached hydrogen (secondary N) is 3. The molecule has 0 radical (unpaired) electrons. The van der Waals surface area contributed by atoms with E-state index in [-0.39, 0.29) is 12.5 Å². The minimum atomic E-state index is -1.03. The lowest BCUT2D eigenvalue weighted by Gasteiger charge is -2.16. The summed E-state index contributed by atoms with van der Waals surface area (Å²) < 4.78 is 0. The summed E-state index contributed by atoms with van der Waals surface area (Å²) in [6.45, 7) is 3.25. The predicted octanol–water partition coefficient (Wildman–Crippen LogP) is 1.98. The number of hydrogen-bond acceptors (Lipinski definition) is 6. The van der Waals surface area contributed by atoms with Gasteiger partial charge < -0.3 is 16.4 Å². The zero-order valence-electron chi connectivity index (χ0n) is 19.1. The lowest BCUT2D eigenvalue weighted by Crippen LogP contribution is -2.50. The molecule has 0 heterocycles. The van der Waals surface area contributed by atoms with Gasteiger partial charge in [0, 0.05) is 17.8 Å². The van der Waals surface area contributed by atoms with E-state index in [1.165, 1.54) is 5.48 Å². The maximum atomic E-state index is 12.3. The van der Waals surface area contributed by atoms with Gasteiger partial charge in [-0.05, 0) is 55.4 Å². The molecule has 1 atom stereocenters. The Kier molecular flexibility index (Phi) is 10.5. The molecule has 9 nitrogen and oxygen atoms in total. The Bertz CT molecular complexity index is 915. The fourth-order valence-corrected chi connectivity index (χ4v) is 3.27. The Balaban J connectivity index is 1.93. The summed E-state index contributed by atoms with van der Waals surface area (Å²) in [6.07, 6.45) is 3.40. The topological polar surface area (TPSA) is 137 Å². The summed E-state index contributed by atoms with van der Waals surface area (Å²) in [5.74, 6) is -1.31. The molecule has 178 valence electrons. The van der Waals surface area contributed by atoms with Gasteiger partial charge in [0.25, 0.3) is 11.8 Å². The second kappa shape index (κ2) is 13.3. The number of unbranched alkanes of at least 4 members (excludes halogenated alkanes) is 2. The third-order valence-corrected chi connectivity index (χ3v) is 5.17. The van der Waals surface area contributed by atoms with Crippen LogP contribution < -0.4 is 21.8 Å². The van der Waals surface area contributed by atoms with Crippen molar-refractivity contribution in [1.29, 1.82) is 0 Å². The fraction of sp³-hybridized carbons (Fsp3) is 0.375. The molecule has 0 bridgehead atoms. The molecule has 33 heavy (non-hydrogen) atoms. The molecule has 2 rings (SSSR count). The number of nitrogens with two attached hydrogens (primary N) is 1. The van der Waals surface area contributed by atoms with E-state index in [0.29, 0.717) is 12.1 Å². The number of benzene rings is 2. The van der Waals surface area contributed by atoms with Crippen molar-refractivity contribution in [1.82, 2.24) is 15.7 Å². The first-order valence-corrected chi connectivity index (χ1v) is 11.0. The van der Waals surface area contributed by atoms with E-state index < -0.39 is 17.9 Å². The number of anilines is 1. The van der Waals surface area contributed by atoms with Gasteiger partial charge in [0.1, 0.15) is 6.04 Å². The van der Waals surface area contributed by atoms with E-state index in [2.05, 4.69) is 17.6 Å². The number of carbonyl (C=O) groups is 3. The molecular formula is C24H33N5O4. The molecule has 0 aliphatic carbocycles. The van der Waals surface area contributed by atoms with Crippen molar-refractivity contribution in [3.05, 3.63) is 54.1 Å². The van der Waals surface area contributed by atoms with Crippen molar-refractivity contribution in [2.45, 2.75) is 32.2 Å². The molecule has 0 saturated carbocycles. The van der Waals surface area contributed by atoms with Gasteiger partial charge in [-0.25, -0.2) is 5.48 Å². The molecule has 9 heteroatoms. The van der Waals surface area contributed by atoms with Gasteiger partial charge in [-0.1, -0.05) is 44.0 Å². The Morgan fingerprint density at radius 2 is 1.61 bits per heavy atom. The van der Waals surface area contributed by atoms with Gasteiger partial charge in [-0.3, -0.25) is 24.5 Å². The zero-order chi connectivity index (χ0) is 24.2. The van der Waals surface area contributed by atoms with Crippen LogP contribution in [-0.2, 0) is 9.59 Å². The Morgan fingerprint density at radius 1 is 1.00 bits per heavy atom.